The van der Waals surface area contributed by atoms with E-state index in [1.165, 1.54) is 24.6 Å². The minimum absolute atomic E-state index is 0.223. The number of nitrogens with one attached hydrogen (secondary N) is 2. The number of carbonyl (C=O) groups excluding carboxylic acids is 2. The van der Waals surface area contributed by atoms with Gasteiger partial charge in [-0.1, -0.05) is 24.6 Å². The van der Waals surface area contributed by atoms with Crippen LogP contribution in [0.4, 0.5) is 4.79 Å². The monoisotopic (exact) mass is 432 g/mol. The van der Waals surface area contributed by atoms with Gasteiger partial charge in [0.1, 0.15) is 17.6 Å². The van der Waals surface area contributed by atoms with Gasteiger partial charge in [0.15, 0.2) is 0 Å². The number of carbonyl (C=O) groups is 2. The van der Waals surface area contributed by atoms with E-state index in [0.717, 1.165) is 12.8 Å². The fraction of sp³-hybridized carbons (Fsp3) is 0.526. The number of thioether (sulfide) groups is 1. The van der Waals surface area contributed by atoms with Crippen molar-refractivity contribution in [3.63, 3.8) is 0 Å². The Labute approximate surface area is 177 Å². The van der Waals surface area contributed by atoms with E-state index in [-0.39, 0.29) is 6.61 Å². The lowest BCUT2D eigenvalue weighted by atomic mass is 10.0. The second kappa shape index (κ2) is 8.90. The zero-order valence-electron chi connectivity index (χ0n) is 16.9. The molecule has 2 N–H and O–H groups in total. The summed E-state index contributed by atoms with van der Waals surface area (Å²) in [5.41, 5.74) is 0.778. The highest BCUT2D eigenvalue weighted by molar-refractivity contribution is 7.99. The van der Waals surface area contributed by atoms with E-state index >= 15 is 0 Å². The van der Waals surface area contributed by atoms with Gasteiger partial charge in [-0.25, -0.2) is 14.3 Å². The third-order valence-corrected chi connectivity index (χ3v) is 6.13. The van der Waals surface area contributed by atoms with E-state index < -0.39 is 18.0 Å². The number of amides is 2. The maximum atomic E-state index is 12.8. The number of hydrogen-bond donors (Lipinski definition) is 2. The van der Waals surface area contributed by atoms with E-state index in [1.807, 2.05) is 4.68 Å². The average Bonchev–Trinajstić information content (AvgIpc) is 3.47. The van der Waals surface area contributed by atoms with Crippen molar-refractivity contribution in [3.05, 3.63) is 34.9 Å². The number of ether oxygens (including phenoxy) is 1. The van der Waals surface area contributed by atoms with Crippen LogP contribution in [0.3, 0.4) is 0 Å². The summed E-state index contributed by atoms with van der Waals surface area (Å²) in [5.74, 6) is 0.969. The first kappa shape index (κ1) is 20.5. The lowest BCUT2D eigenvalue weighted by molar-refractivity contribution is -0.139. The van der Waals surface area contributed by atoms with Gasteiger partial charge >= 0.3 is 12.0 Å². The lowest BCUT2D eigenvalue weighted by Gasteiger charge is -2.27. The Bertz CT molecular complexity index is 962. The first-order chi connectivity index (χ1) is 14.6. The van der Waals surface area contributed by atoms with Crippen molar-refractivity contribution in [2.24, 2.45) is 0 Å². The summed E-state index contributed by atoms with van der Waals surface area (Å²) in [7, 11) is 0. The van der Waals surface area contributed by atoms with Gasteiger partial charge in [-0.15, -0.1) is 5.10 Å². The second-order valence-corrected chi connectivity index (χ2v) is 8.17. The molecule has 1 fully saturated rings. The normalized spacial score (nSPS) is 19.7. The minimum Gasteiger partial charge on any atom is -0.464 e. The quantitative estimate of drug-likeness (QED) is 0.505. The first-order valence-corrected chi connectivity index (χ1v) is 11.0. The number of rotatable bonds is 7. The molecule has 0 bridgehead atoms. The average molecular weight is 433 g/mol. The number of furan rings is 1. The number of aryl methyl sites for hydroxylation is 1. The number of esters is 1. The highest BCUT2D eigenvalue weighted by Gasteiger charge is 2.35. The van der Waals surface area contributed by atoms with Crippen molar-refractivity contribution in [1.29, 1.82) is 0 Å². The zero-order valence-corrected chi connectivity index (χ0v) is 17.7. The van der Waals surface area contributed by atoms with Gasteiger partial charge in [0.05, 0.1) is 18.2 Å². The van der Waals surface area contributed by atoms with Crippen LogP contribution in [0.5, 0.6) is 0 Å². The van der Waals surface area contributed by atoms with Gasteiger partial charge in [-0.05, 0) is 49.2 Å². The van der Waals surface area contributed by atoms with Gasteiger partial charge in [-0.3, -0.25) is 0 Å². The Balaban J connectivity index is 1.63. The highest BCUT2D eigenvalue weighted by Crippen LogP contribution is 2.34. The summed E-state index contributed by atoms with van der Waals surface area (Å²) in [6.07, 6.45) is 4.43. The Hall–Kier alpha value is -2.82. The summed E-state index contributed by atoms with van der Waals surface area (Å²) < 4.78 is 12.8. The van der Waals surface area contributed by atoms with Crippen molar-refractivity contribution < 1.29 is 18.7 Å². The van der Waals surface area contributed by atoms with E-state index in [9.17, 15) is 9.59 Å². The van der Waals surface area contributed by atoms with Crippen LogP contribution in [-0.4, -0.2) is 44.6 Å². The molecule has 1 atom stereocenters. The van der Waals surface area contributed by atoms with E-state index in [0.29, 0.717) is 39.7 Å². The van der Waals surface area contributed by atoms with Crippen LogP contribution >= 0.6 is 11.8 Å². The molecule has 160 valence electrons. The van der Waals surface area contributed by atoms with Crippen molar-refractivity contribution >= 4 is 23.8 Å². The molecule has 30 heavy (non-hydrogen) atoms. The van der Waals surface area contributed by atoms with Crippen LogP contribution in [0.25, 0.3) is 0 Å². The van der Waals surface area contributed by atoms with E-state index in [1.54, 1.807) is 26.0 Å². The Morgan fingerprint density at radius 3 is 2.87 bits per heavy atom. The van der Waals surface area contributed by atoms with Gasteiger partial charge in [0.2, 0.25) is 5.16 Å². The van der Waals surface area contributed by atoms with Crippen molar-refractivity contribution in [3.8, 4) is 0 Å². The van der Waals surface area contributed by atoms with Crippen LogP contribution in [0, 0.1) is 6.92 Å². The zero-order chi connectivity index (χ0) is 21.1. The molecule has 3 heterocycles. The molecule has 0 saturated heterocycles. The molecule has 2 aromatic rings. The standard InChI is InChI=1S/C19H24N6O4S/c1-3-28-17(26)15-13(20-18(27)21-16(15)14-9-8-11(2)29-14)10-30-19-22-23-24-25(19)12-6-4-5-7-12/h8-9,12,16H,3-7,10H2,1-2H3,(H2,20,21,27). The maximum Gasteiger partial charge on any atom is 0.338 e. The number of urea groups is 1. The van der Waals surface area contributed by atoms with Crippen molar-refractivity contribution in [2.75, 3.05) is 12.4 Å². The molecule has 4 rings (SSSR count). The summed E-state index contributed by atoms with van der Waals surface area (Å²) in [5, 5.41) is 18.3. The van der Waals surface area contributed by atoms with Crippen LogP contribution in [0.2, 0.25) is 0 Å². The fourth-order valence-corrected chi connectivity index (χ4v) is 4.71. The Kier molecular flexibility index (Phi) is 6.07. The summed E-state index contributed by atoms with van der Waals surface area (Å²) in [6, 6.07) is 2.69. The smallest absolute Gasteiger partial charge is 0.338 e. The van der Waals surface area contributed by atoms with Gasteiger partial charge < -0.3 is 19.8 Å². The van der Waals surface area contributed by atoms with Crippen LogP contribution < -0.4 is 10.6 Å². The summed E-state index contributed by atoms with van der Waals surface area (Å²) >= 11 is 1.38. The van der Waals surface area contributed by atoms with Crippen LogP contribution in [0.15, 0.2) is 33.0 Å². The first-order valence-electron chi connectivity index (χ1n) is 10.0. The van der Waals surface area contributed by atoms with Crippen molar-refractivity contribution in [2.45, 2.75) is 56.8 Å². The molecule has 0 radical (unpaired) electrons. The van der Waals surface area contributed by atoms with Crippen LogP contribution in [-0.2, 0) is 9.53 Å². The third-order valence-electron chi connectivity index (χ3n) is 5.17. The minimum atomic E-state index is -0.729. The summed E-state index contributed by atoms with van der Waals surface area (Å²) in [4.78, 5) is 25.1. The van der Waals surface area contributed by atoms with Crippen LogP contribution in [0.1, 0.15) is 56.2 Å². The molecule has 2 aromatic heterocycles. The number of aromatic nitrogens is 4. The van der Waals surface area contributed by atoms with E-state index in [2.05, 4.69) is 26.2 Å². The molecule has 11 heteroatoms. The summed E-state index contributed by atoms with van der Waals surface area (Å²) in [6.45, 7) is 3.77. The van der Waals surface area contributed by atoms with Gasteiger partial charge in [0, 0.05) is 11.4 Å². The molecular formula is C19H24N6O4S. The molecule has 2 aliphatic rings. The largest absolute Gasteiger partial charge is 0.464 e. The lowest BCUT2D eigenvalue weighted by Crippen LogP contribution is -2.46. The predicted molar refractivity (Wildman–Crippen MR) is 108 cm³/mol. The van der Waals surface area contributed by atoms with E-state index in [4.69, 9.17) is 9.15 Å². The molecule has 1 aliphatic carbocycles. The predicted octanol–water partition coefficient (Wildman–Crippen LogP) is 2.65. The molecule has 1 saturated carbocycles. The molecule has 0 spiro atoms. The molecule has 1 unspecified atom stereocenters. The third kappa shape index (κ3) is 4.20. The highest BCUT2D eigenvalue weighted by atomic mass is 32.2. The van der Waals surface area contributed by atoms with Crippen molar-refractivity contribution in [1.82, 2.24) is 30.8 Å². The Morgan fingerprint density at radius 2 is 2.17 bits per heavy atom. The molecular weight excluding hydrogens is 408 g/mol. The molecule has 1 aliphatic heterocycles. The van der Waals surface area contributed by atoms with Gasteiger partial charge in [-0.2, -0.15) is 0 Å². The SMILES string of the molecule is CCOC(=O)C1=C(CSc2nnnn2C2CCCC2)NC(=O)NC1c1ccc(C)o1. The molecule has 10 nitrogen and oxygen atoms in total. The number of tetrazole rings is 1. The Morgan fingerprint density at radius 1 is 1.37 bits per heavy atom. The number of hydrogen-bond acceptors (Lipinski definition) is 8. The molecule has 0 aromatic carbocycles. The second-order valence-electron chi connectivity index (χ2n) is 7.23. The number of nitrogens with zero attached hydrogens (tertiary/aromatic N) is 4. The topological polar surface area (TPSA) is 124 Å². The molecule has 2 amide bonds. The van der Waals surface area contributed by atoms with Gasteiger partial charge in [0.25, 0.3) is 0 Å². The fourth-order valence-electron chi connectivity index (χ4n) is 3.80. The maximum absolute atomic E-state index is 12.8.